The number of anilines is 2. The summed E-state index contributed by atoms with van der Waals surface area (Å²) in [6, 6.07) is 14.7. The molecule has 2 rings (SSSR count). The van der Waals surface area contributed by atoms with E-state index in [0.29, 0.717) is 12.1 Å². The number of hydrogen-bond acceptors (Lipinski definition) is 9. The Morgan fingerprint density at radius 3 is 1.88 bits per heavy atom. The topological polar surface area (TPSA) is 149 Å². The van der Waals surface area contributed by atoms with E-state index in [2.05, 4.69) is 17.2 Å². The van der Waals surface area contributed by atoms with Gasteiger partial charge in [0.2, 0.25) is 5.91 Å². The number of ether oxygens (including phenoxy) is 4. The summed E-state index contributed by atoms with van der Waals surface area (Å²) in [5.74, 6) is -1.52. The van der Waals surface area contributed by atoms with Crippen LogP contribution in [0.2, 0.25) is 0 Å². The SMILES string of the molecule is C=C(C)C(=O)OCC(O)COC(=O)C(CC)(COC)COC(=O)Nc1ccc(Cc2ccc(NC(C)=O)cc2)cc1. The molecule has 0 aliphatic carbocycles. The lowest BCUT2D eigenvalue weighted by Gasteiger charge is -2.29. The van der Waals surface area contributed by atoms with Gasteiger partial charge in [-0.15, -0.1) is 0 Å². The van der Waals surface area contributed by atoms with Crippen molar-refractivity contribution < 1.29 is 43.2 Å². The van der Waals surface area contributed by atoms with Gasteiger partial charge in [0.25, 0.3) is 0 Å². The maximum Gasteiger partial charge on any atom is 0.411 e. The summed E-state index contributed by atoms with van der Waals surface area (Å²) >= 11 is 0. The Bertz CT molecular complexity index is 1200. The Morgan fingerprint density at radius 1 is 0.854 bits per heavy atom. The molecule has 0 fully saturated rings. The fourth-order valence-corrected chi connectivity index (χ4v) is 3.66. The minimum atomic E-state index is -1.31. The van der Waals surface area contributed by atoms with Crippen molar-refractivity contribution in [3.63, 3.8) is 0 Å². The lowest BCUT2D eigenvalue weighted by Crippen LogP contribution is -2.43. The molecule has 11 heteroatoms. The van der Waals surface area contributed by atoms with Gasteiger partial charge in [0.05, 0.1) is 6.61 Å². The van der Waals surface area contributed by atoms with Crippen molar-refractivity contribution in [3.8, 4) is 0 Å². The minimum absolute atomic E-state index is 0.0865. The van der Waals surface area contributed by atoms with E-state index in [1.807, 2.05) is 36.4 Å². The monoisotopic (exact) mass is 570 g/mol. The van der Waals surface area contributed by atoms with Gasteiger partial charge in [-0.25, -0.2) is 9.59 Å². The predicted molar refractivity (Wildman–Crippen MR) is 152 cm³/mol. The number of carbonyl (C=O) groups is 4. The fraction of sp³-hybridized carbons (Fsp3) is 0.400. The highest BCUT2D eigenvalue weighted by Crippen LogP contribution is 2.26. The Kier molecular flexibility index (Phi) is 13.0. The van der Waals surface area contributed by atoms with Gasteiger partial charge >= 0.3 is 18.0 Å². The van der Waals surface area contributed by atoms with Gasteiger partial charge in [0.15, 0.2) is 0 Å². The summed E-state index contributed by atoms with van der Waals surface area (Å²) in [7, 11) is 1.41. The summed E-state index contributed by atoms with van der Waals surface area (Å²) in [6.45, 7) is 6.89. The molecule has 0 saturated carbocycles. The number of amides is 2. The molecule has 0 saturated heterocycles. The molecule has 222 valence electrons. The molecule has 0 aliphatic heterocycles. The van der Waals surface area contributed by atoms with Crippen molar-refractivity contribution in [2.24, 2.45) is 5.41 Å². The van der Waals surface area contributed by atoms with E-state index in [1.54, 1.807) is 19.1 Å². The van der Waals surface area contributed by atoms with Crippen LogP contribution in [0.4, 0.5) is 16.2 Å². The molecular weight excluding hydrogens is 532 g/mol. The van der Waals surface area contributed by atoms with Crippen molar-refractivity contribution >= 4 is 35.3 Å². The third-order valence-corrected chi connectivity index (χ3v) is 6.05. The van der Waals surface area contributed by atoms with Crippen LogP contribution in [0.25, 0.3) is 0 Å². The molecule has 2 aromatic carbocycles. The third-order valence-electron chi connectivity index (χ3n) is 6.05. The molecule has 0 bridgehead atoms. The number of benzene rings is 2. The molecule has 0 spiro atoms. The third kappa shape index (κ3) is 11.1. The molecule has 41 heavy (non-hydrogen) atoms. The largest absolute Gasteiger partial charge is 0.462 e. The van der Waals surface area contributed by atoms with Gasteiger partial charge in [0.1, 0.15) is 31.3 Å². The molecule has 2 atom stereocenters. The highest BCUT2D eigenvalue weighted by Gasteiger charge is 2.40. The number of rotatable bonds is 15. The first-order valence-electron chi connectivity index (χ1n) is 13.0. The maximum absolute atomic E-state index is 12.9. The molecule has 0 radical (unpaired) electrons. The standard InChI is InChI=1S/C30H38N2O9/c1-6-30(18-38-5,28(36)40-17-26(34)16-39-27(35)20(2)3)19-41-29(37)32-25-13-9-23(10-14-25)15-22-7-11-24(12-8-22)31-21(4)33/h7-14,26,34H,2,6,15-19H2,1,3-5H3,(H,31,33)(H,32,37). The van der Waals surface area contributed by atoms with E-state index in [-0.39, 0.29) is 37.7 Å². The number of esters is 2. The number of aliphatic hydroxyl groups is 1. The molecule has 0 aliphatic rings. The van der Waals surface area contributed by atoms with Gasteiger partial charge < -0.3 is 29.4 Å². The van der Waals surface area contributed by atoms with E-state index in [4.69, 9.17) is 18.9 Å². The van der Waals surface area contributed by atoms with Crippen LogP contribution < -0.4 is 10.6 Å². The van der Waals surface area contributed by atoms with Gasteiger partial charge in [-0.05, 0) is 55.2 Å². The average molecular weight is 571 g/mol. The summed E-state index contributed by atoms with van der Waals surface area (Å²) in [4.78, 5) is 48.0. The van der Waals surface area contributed by atoms with Crippen LogP contribution in [0.15, 0.2) is 60.7 Å². The Balaban J connectivity index is 1.89. The molecule has 11 nitrogen and oxygen atoms in total. The summed E-state index contributed by atoms with van der Waals surface area (Å²) in [6.07, 6.45) is -1.11. The average Bonchev–Trinajstić information content (AvgIpc) is 2.94. The van der Waals surface area contributed by atoms with Gasteiger partial charge in [0, 0.05) is 31.0 Å². The zero-order chi connectivity index (χ0) is 30.4. The van der Waals surface area contributed by atoms with Crippen LogP contribution in [0, 0.1) is 5.41 Å². The highest BCUT2D eigenvalue weighted by molar-refractivity contribution is 5.88. The molecule has 0 aromatic heterocycles. The molecule has 3 N–H and O–H groups in total. The first kappa shape index (κ1) is 33.0. The van der Waals surface area contributed by atoms with Crippen molar-refractivity contribution in [1.82, 2.24) is 0 Å². The Hall–Kier alpha value is -4.22. The zero-order valence-corrected chi connectivity index (χ0v) is 23.9. The molecule has 2 unspecified atom stereocenters. The maximum atomic E-state index is 12.9. The Morgan fingerprint density at radius 2 is 1.39 bits per heavy atom. The number of aliphatic hydroxyl groups excluding tert-OH is 1. The van der Waals surface area contributed by atoms with Crippen LogP contribution in [-0.4, -0.2) is 68.7 Å². The van der Waals surface area contributed by atoms with Crippen LogP contribution in [0.1, 0.15) is 38.3 Å². The van der Waals surface area contributed by atoms with E-state index in [1.165, 1.54) is 21.0 Å². The van der Waals surface area contributed by atoms with Gasteiger partial charge in [-0.2, -0.15) is 0 Å². The number of carbonyl (C=O) groups excluding carboxylic acids is 4. The van der Waals surface area contributed by atoms with E-state index in [9.17, 15) is 24.3 Å². The van der Waals surface area contributed by atoms with Crippen molar-refractivity contribution in [2.45, 2.75) is 39.7 Å². The highest BCUT2D eigenvalue weighted by atomic mass is 16.6. The molecule has 2 aromatic rings. The van der Waals surface area contributed by atoms with Gasteiger partial charge in [-0.3, -0.25) is 14.9 Å². The zero-order valence-electron chi connectivity index (χ0n) is 23.9. The van der Waals surface area contributed by atoms with Gasteiger partial charge in [-0.1, -0.05) is 37.8 Å². The van der Waals surface area contributed by atoms with Crippen molar-refractivity contribution in [3.05, 3.63) is 71.8 Å². The number of nitrogens with one attached hydrogen (secondary N) is 2. The molecule has 0 heterocycles. The fourth-order valence-electron chi connectivity index (χ4n) is 3.66. The molecule has 2 amide bonds. The van der Waals surface area contributed by atoms with Crippen LogP contribution in [0.5, 0.6) is 0 Å². The minimum Gasteiger partial charge on any atom is -0.462 e. The van der Waals surface area contributed by atoms with Crippen molar-refractivity contribution in [1.29, 1.82) is 0 Å². The van der Waals surface area contributed by atoms with Crippen molar-refractivity contribution in [2.75, 3.05) is 44.2 Å². The Labute approximate surface area is 239 Å². The number of methoxy groups -OCH3 is 1. The second kappa shape index (κ2) is 16.1. The summed E-state index contributed by atoms with van der Waals surface area (Å²) in [5.41, 5.74) is 2.17. The lowest BCUT2D eigenvalue weighted by atomic mass is 9.87. The number of hydrogen-bond donors (Lipinski definition) is 3. The van der Waals surface area contributed by atoms with Crippen LogP contribution in [-0.2, 0) is 39.8 Å². The van der Waals surface area contributed by atoms with E-state index < -0.39 is 36.2 Å². The summed E-state index contributed by atoms with van der Waals surface area (Å²) in [5, 5.41) is 15.4. The first-order chi connectivity index (χ1) is 19.5. The molecular formula is C30H38N2O9. The second-order valence-electron chi connectivity index (χ2n) is 9.65. The normalized spacial score (nSPS) is 12.8. The lowest BCUT2D eigenvalue weighted by molar-refractivity contribution is -0.167. The first-order valence-corrected chi connectivity index (χ1v) is 13.0. The smallest absolute Gasteiger partial charge is 0.411 e. The van der Waals surface area contributed by atoms with Crippen LogP contribution >= 0.6 is 0 Å². The van der Waals surface area contributed by atoms with E-state index >= 15 is 0 Å². The summed E-state index contributed by atoms with van der Waals surface area (Å²) < 4.78 is 20.6. The quantitative estimate of drug-likeness (QED) is 0.165. The van der Waals surface area contributed by atoms with Crippen LogP contribution in [0.3, 0.4) is 0 Å². The predicted octanol–water partition coefficient (Wildman–Crippen LogP) is 3.85. The van der Waals surface area contributed by atoms with E-state index in [0.717, 1.165) is 16.8 Å². The second-order valence-corrected chi connectivity index (χ2v) is 9.65.